The lowest BCUT2D eigenvalue weighted by molar-refractivity contribution is -0.0592. The molecule has 12 rings (SSSR count). The van der Waals surface area contributed by atoms with Crippen molar-refractivity contribution in [3.8, 4) is 5.69 Å². The molecule has 15 nitrogen and oxygen atoms in total. The van der Waals surface area contributed by atoms with Crippen LogP contribution in [0.2, 0.25) is 0 Å². The highest BCUT2D eigenvalue weighted by Gasteiger charge is 2.50. The fourth-order valence-electron chi connectivity index (χ4n) is 9.94. The number of ether oxygens (including phenoxy) is 1. The normalized spacial score (nSPS) is 22.6. The highest BCUT2D eigenvalue weighted by Crippen LogP contribution is 2.45. The number of aliphatic imine (C=N–C) groups is 1. The van der Waals surface area contributed by atoms with Crippen LogP contribution in [-0.2, 0) is 11.8 Å². The minimum atomic E-state index is -0.592. The molecule has 336 valence electrons. The number of aromatic nitrogens is 7. The van der Waals surface area contributed by atoms with Gasteiger partial charge in [0.25, 0.3) is 5.91 Å². The molecule has 3 aliphatic heterocycles. The molecular formula is C48H50F2N10O5. The first kappa shape index (κ1) is 42.1. The van der Waals surface area contributed by atoms with Crippen LogP contribution < -0.4 is 17.2 Å². The van der Waals surface area contributed by atoms with Crippen LogP contribution in [0, 0.1) is 31.4 Å². The van der Waals surface area contributed by atoms with E-state index in [1.165, 1.54) is 39.4 Å². The number of nitrogens with two attached hydrogens (primary N) is 1. The Hall–Kier alpha value is -6.88. The summed E-state index contributed by atoms with van der Waals surface area (Å²) < 4.78 is 45.0. The maximum atomic E-state index is 15.9. The average Bonchev–Trinajstić information content (AvgIpc) is 3.69. The molecule has 2 saturated heterocycles. The Balaban J connectivity index is 0.000000437. The third-order valence-electron chi connectivity index (χ3n) is 13.6. The lowest BCUT2D eigenvalue weighted by atomic mass is 9.76. The number of hydrogen-bond donors (Lipinski definition) is 3. The van der Waals surface area contributed by atoms with Crippen molar-refractivity contribution in [1.29, 1.82) is 0 Å². The second-order valence-electron chi connectivity index (χ2n) is 18.6. The number of H-pyrrole nitrogens is 2. The van der Waals surface area contributed by atoms with E-state index in [2.05, 4.69) is 57.7 Å². The van der Waals surface area contributed by atoms with Crippen LogP contribution in [0.4, 0.5) is 14.5 Å². The third-order valence-corrected chi connectivity index (χ3v) is 13.6. The second-order valence-corrected chi connectivity index (χ2v) is 18.6. The summed E-state index contributed by atoms with van der Waals surface area (Å²) in [6, 6.07) is 14.1. The molecule has 5 aliphatic rings. The fraction of sp³-hybridized carbons (Fsp3) is 0.375. The van der Waals surface area contributed by atoms with Gasteiger partial charge in [0.1, 0.15) is 17.3 Å². The number of fused-ring (bicyclic) bond motifs is 3. The van der Waals surface area contributed by atoms with E-state index >= 15 is 4.39 Å². The highest BCUT2D eigenvalue weighted by atomic mass is 19.1. The summed E-state index contributed by atoms with van der Waals surface area (Å²) in [5.74, 6) is 0.788. The fourth-order valence-corrected chi connectivity index (χ4v) is 9.94. The molecule has 5 atom stereocenters. The monoisotopic (exact) mass is 884 g/mol. The minimum Gasteiger partial charge on any atom is -0.402 e. The van der Waals surface area contributed by atoms with Gasteiger partial charge in [0.15, 0.2) is 11.6 Å². The van der Waals surface area contributed by atoms with E-state index in [1.807, 2.05) is 17.0 Å². The molecule has 7 aromatic rings. The summed E-state index contributed by atoms with van der Waals surface area (Å²) in [6.45, 7) is 10.4. The van der Waals surface area contributed by atoms with E-state index in [0.29, 0.717) is 82.3 Å². The summed E-state index contributed by atoms with van der Waals surface area (Å²) in [5.41, 5.74) is 11.4. The zero-order valence-corrected chi connectivity index (χ0v) is 37.0. The minimum absolute atomic E-state index is 0.0469. The van der Waals surface area contributed by atoms with Crippen LogP contribution in [0.3, 0.4) is 0 Å². The molecule has 7 heterocycles. The Morgan fingerprint density at radius 2 is 1.77 bits per heavy atom. The standard InChI is InChI=1S/C42H42F2N8O3.C6H8N2O2/c1-22-14-27(15-23(2)37(22)43)47-39(51-12-11-50(41(51)54)34-9-8-33-29(38(34)44)21-46-49(33)5)36-30(45)18-28-19-35(36)52(28)40(53)32-17-26-16-24(6-7-31(26)48-32)25-10-13-55-42(3,4)20-25;1-3-2-4(3)5-7-6(9)10-8-5/h6-9,11-12,14-17,21,25,28,35,48H,10,13,18-20,45H2,1-5H3;3-4H,2H2,1H3,(H,7,8,9). The molecule has 4 aromatic heterocycles. The number of carbonyl (C=O) groups excluding carboxylic acids is 1. The molecule has 5 unspecified atom stereocenters. The Labute approximate surface area is 371 Å². The topological polar surface area (TPSA) is 187 Å². The summed E-state index contributed by atoms with van der Waals surface area (Å²) in [7, 11) is 1.72. The van der Waals surface area contributed by atoms with E-state index in [4.69, 9.17) is 15.5 Å². The number of aromatic amines is 2. The van der Waals surface area contributed by atoms with Crippen LogP contribution in [0.15, 0.2) is 97.5 Å². The quantitative estimate of drug-likeness (QED) is 0.113. The molecule has 2 aliphatic carbocycles. The number of aryl methyl sites for hydroxylation is 3. The SMILES string of the molecule is CC1CC1c1noc(=O)[nH]1.Cc1cc(N=C(C2=C(N)CC3CC2N3C(=O)c2cc3cc(C4CCOC(C)(C)C4)ccc3[nH]2)n2ccn(-c3ccc4c(cnn4C)c3F)c2=O)cc(C)c1F. The first-order valence-corrected chi connectivity index (χ1v) is 22.0. The number of amides is 1. The third kappa shape index (κ3) is 7.50. The number of halogens is 2. The summed E-state index contributed by atoms with van der Waals surface area (Å²) in [5, 5.41) is 8.98. The number of carbonyl (C=O) groups is 1. The van der Waals surface area contributed by atoms with E-state index in [-0.39, 0.29) is 40.3 Å². The van der Waals surface area contributed by atoms with Gasteiger partial charge in [-0.25, -0.2) is 23.4 Å². The van der Waals surface area contributed by atoms with Crippen LogP contribution >= 0.6 is 0 Å². The van der Waals surface area contributed by atoms with Crippen molar-refractivity contribution in [2.24, 2.45) is 23.7 Å². The molecule has 1 amide bonds. The number of nitrogens with zero attached hydrogens (tertiary/aromatic N) is 7. The predicted molar refractivity (Wildman–Crippen MR) is 241 cm³/mol. The van der Waals surface area contributed by atoms with Gasteiger partial charge in [-0.1, -0.05) is 18.1 Å². The first-order chi connectivity index (χ1) is 31.0. The summed E-state index contributed by atoms with van der Waals surface area (Å²) in [4.78, 5) is 51.8. The Morgan fingerprint density at radius 3 is 2.48 bits per heavy atom. The maximum absolute atomic E-state index is 15.9. The van der Waals surface area contributed by atoms with Crippen molar-refractivity contribution in [3.05, 3.63) is 139 Å². The molecule has 65 heavy (non-hydrogen) atoms. The number of imidazole rings is 1. The largest absolute Gasteiger partial charge is 0.438 e. The zero-order chi connectivity index (χ0) is 45.6. The van der Waals surface area contributed by atoms with Gasteiger partial charge in [0.05, 0.1) is 40.1 Å². The van der Waals surface area contributed by atoms with E-state index in [1.54, 1.807) is 43.8 Å². The smallest absolute Gasteiger partial charge is 0.402 e. The molecule has 1 saturated carbocycles. The molecule has 0 spiro atoms. The lowest BCUT2D eigenvalue weighted by Gasteiger charge is -2.53. The first-order valence-electron chi connectivity index (χ1n) is 22.0. The van der Waals surface area contributed by atoms with E-state index in [0.717, 1.165) is 30.2 Å². The average molecular weight is 885 g/mol. The van der Waals surface area contributed by atoms with Gasteiger partial charge >= 0.3 is 11.4 Å². The Bertz CT molecular complexity index is 3210. The van der Waals surface area contributed by atoms with Crippen molar-refractivity contribution in [3.63, 3.8) is 0 Å². The summed E-state index contributed by atoms with van der Waals surface area (Å²) >= 11 is 0. The lowest BCUT2D eigenvalue weighted by Crippen LogP contribution is -2.64. The molecule has 3 aromatic carbocycles. The highest BCUT2D eigenvalue weighted by molar-refractivity contribution is 6.06. The van der Waals surface area contributed by atoms with Gasteiger partial charge in [-0.3, -0.25) is 28.1 Å². The van der Waals surface area contributed by atoms with Gasteiger partial charge < -0.3 is 20.4 Å². The van der Waals surface area contributed by atoms with Crippen LogP contribution in [0.5, 0.6) is 0 Å². The molecule has 3 fully saturated rings. The van der Waals surface area contributed by atoms with Crippen LogP contribution in [0.1, 0.15) is 97.7 Å². The molecule has 4 N–H and O–H groups in total. The molecule has 2 bridgehead atoms. The van der Waals surface area contributed by atoms with Crippen LogP contribution in [0.25, 0.3) is 27.5 Å². The van der Waals surface area contributed by atoms with Crippen molar-refractivity contribution < 1.29 is 22.8 Å². The van der Waals surface area contributed by atoms with Gasteiger partial charge in [0, 0.05) is 66.6 Å². The molecular weight excluding hydrogens is 835 g/mol. The number of benzene rings is 3. The number of rotatable bonds is 6. The zero-order valence-electron chi connectivity index (χ0n) is 37.0. The molecule has 17 heteroatoms. The van der Waals surface area contributed by atoms with Gasteiger partial charge in [0.2, 0.25) is 0 Å². The van der Waals surface area contributed by atoms with Gasteiger partial charge in [-0.05, 0) is 124 Å². The summed E-state index contributed by atoms with van der Waals surface area (Å²) in [6.07, 6.45) is 8.40. The Kier molecular flexibility index (Phi) is 10.2. The van der Waals surface area contributed by atoms with E-state index in [9.17, 15) is 18.8 Å². The van der Waals surface area contributed by atoms with E-state index < -0.39 is 23.3 Å². The van der Waals surface area contributed by atoms with Crippen molar-refractivity contribution in [1.82, 2.24) is 38.9 Å². The second kappa shape index (κ2) is 15.7. The van der Waals surface area contributed by atoms with Crippen molar-refractivity contribution in [2.75, 3.05) is 6.61 Å². The van der Waals surface area contributed by atoms with Crippen molar-refractivity contribution >= 4 is 39.2 Å². The maximum Gasteiger partial charge on any atom is 0.438 e. The van der Waals surface area contributed by atoms with Gasteiger partial charge in [-0.15, -0.1) is 0 Å². The number of hydrogen-bond acceptors (Lipinski definition) is 9. The van der Waals surface area contributed by atoms with Crippen molar-refractivity contribution in [2.45, 2.75) is 96.2 Å². The van der Waals surface area contributed by atoms with Crippen LogP contribution in [-0.4, -0.2) is 75.0 Å². The number of nitrogens with one attached hydrogen (secondary N) is 2. The predicted octanol–water partition coefficient (Wildman–Crippen LogP) is 7.54. The Morgan fingerprint density at radius 1 is 1.00 bits per heavy atom. The molecule has 0 radical (unpaired) electrons. The van der Waals surface area contributed by atoms with Gasteiger partial charge in [-0.2, -0.15) is 5.10 Å².